The number of nitrogen functional groups attached to an aromatic ring is 1. The predicted molar refractivity (Wildman–Crippen MR) is 96.7 cm³/mol. The molecule has 0 spiro atoms. The zero-order valence-electron chi connectivity index (χ0n) is 16.0. The van der Waals surface area contributed by atoms with Crippen molar-refractivity contribution in [1.29, 1.82) is 0 Å². The van der Waals surface area contributed by atoms with Crippen molar-refractivity contribution in [3.8, 4) is 0 Å². The number of thiazole rings is 1. The number of carboxylic acid groups (broad SMARTS) is 2. The molecule has 1 aromatic heterocycles. The molecule has 3 N–H and O–H groups in total. The third kappa shape index (κ3) is 3.25. The molecule has 1 fully saturated rings. The van der Waals surface area contributed by atoms with Crippen molar-refractivity contribution in [1.82, 2.24) is 20.3 Å². The fourth-order valence-electron chi connectivity index (χ4n) is 3.39. The number of hydrazine groups is 1. The maximum Gasteiger partial charge on any atom is 0.276 e. The Hall–Kier alpha value is -3.52. The molecule has 2 aliphatic rings. The highest BCUT2D eigenvalue weighted by Gasteiger charge is 2.55. The molecule has 13 nitrogen and oxygen atoms in total. The SMILES string of the molecule is CO/N=C(\C(=O)NC1CN2N(C1=O)C(C(=O)[O-])=C(C(=O)[O-])C2(C)C)c1csc(N)n1. The summed E-state index contributed by atoms with van der Waals surface area (Å²) in [7, 11) is 1.21. The lowest BCUT2D eigenvalue weighted by Crippen LogP contribution is -2.49. The molecule has 0 aliphatic carbocycles. The van der Waals surface area contributed by atoms with Crippen LogP contribution in [0.1, 0.15) is 19.5 Å². The highest BCUT2D eigenvalue weighted by molar-refractivity contribution is 7.13. The number of hydrogen-bond acceptors (Lipinski definition) is 12. The van der Waals surface area contributed by atoms with E-state index in [0.717, 1.165) is 11.3 Å². The summed E-state index contributed by atoms with van der Waals surface area (Å²) in [5, 5.41) is 32.7. The Morgan fingerprint density at radius 1 is 1.37 bits per heavy atom. The Morgan fingerprint density at radius 3 is 2.53 bits per heavy atom. The van der Waals surface area contributed by atoms with Gasteiger partial charge in [0.1, 0.15) is 18.8 Å². The normalized spacial score (nSPS) is 21.0. The van der Waals surface area contributed by atoms with Crippen LogP contribution >= 0.6 is 11.3 Å². The predicted octanol–water partition coefficient (Wildman–Crippen LogP) is -3.83. The van der Waals surface area contributed by atoms with Gasteiger partial charge in [-0.15, -0.1) is 11.3 Å². The van der Waals surface area contributed by atoms with Gasteiger partial charge in [0.2, 0.25) is 0 Å². The average molecular weight is 436 g/mol. The Bertz CT molecular complexity index is 1010. The molecule has 0 bridgehead atoms. The van der Waals surface area contributed by atoms with Crippen molar-refractivity contribution >= 4 is 45.9 Å². The number of aliphatic carboxylic acids is 2. The Morgan fingerprint density at radius 2 is 2.03 bits per heavy atom. The standard InChI is InChI=1S/C16H18N6O7S/c1-16(2)8(13(25)26)10(14(27)28)22-12(24)6(4-21(16)22)18-11(23)9(20-29-3)7-5-30-15(17)19-7/h5-6H,4H2,1-3H3,(H2,17,19)(H,18,23)(H,25,26)(H,27,28)/p-2/b20-9-. The van der Waals surface area contributed by atoms with E-state index >= 15 is 0 Å². The summed E-state index contributed by atoms with van der Waals surface area (Å²) >= 11 is 1.07. The van der Waals surface area contributed by atoms with Crippen LogP contribution in [0.3, 0.4) is 0 Å². The highest BCUT2D eigenvalue weighted by atomic mass is 32.1. The maximum atomic E-state index is 12.8. The molecular formula is C16H16N6O7S-2. The number of nitrogens with one attached hydrogen (secondary N) is 1. The monoisotopic (exact) mass is 436 g/mol. The van der Waals surface area contributed by atoms with Crippen molar-refractivity contribution in [3.63, 3.8) is 0 Å². The molecule has 1 saturated heterocycles. The van der Waals surface area contributed by atoms with Crippen LogP contribution in [0, 0.1) is 0 Å². The molecule has 1 aromatic rings. The number of amides is 2. The average Bonchev–Trinajstić information content (AvgIpc) is 3.27. The van der Waals surface area contributed by atoms with E-state index in [4.69, 9.17) is 5.73 Å². The number of carbonyl (C=O) groups excluding carboxylic acids is 4. The lowest BCUT2D eigenvalue weighted by atomic mass is 9.92. The van der Waals surface area contributed by atoms with Crippen molar-refractivity contribution in [2.75, 3.05) is 19.4 Å². The van der Waals surface area contributed by atoms with Crippen LogP contribution in [0.25, 0.3) is 0 Å². The first-order valence-corrected chi connectivity index (χ1v) is 9.31. The molecule has 2 amide bonds. The molecule has 3 rings (SSSR count). The Labute approximate surface area is 173 Å². The van der Waals surface area contributed by atoms with Crippen LogP contribution in [0.4, 0.5) is 5.13 Å². The lowest BCUT2D eigenvalue weighted by molar-refractivity contribution is -0.305. The molecule has 2 aliphatic heterocycles. The second kappa shape index (κ2) is 7.38. The Kier molecular flexibility index (Phi) is 5.22. The van der Waals surface area contributed by atoms with Crippen molar-refractivity contribution in [3.05, 3.63) is 22.3 Å². The summed E-state index contributed by atoms with van der Waals surface area (Å²) in [5.74, 6) is -5.27. The third-order valence-corrected chi connectivity index (χ3v) is 5.35. The number of carboxylic acids is 2. The molecule has 160 valence electrons. The zero-order valence-corrected chi connectivity index (χ0v) is 16.8. The van der Waals surface area contributed by atoms with Crippen molar-refractivity contribution in [2.24, 2.45) is 5.16 Å². The highest BCUT2D eigenvalue weighted by Crippen LogP contribution is 2.40. The van der Waals surface area contributed by atoms with E-state index in [2.05, 4.69) is 20.3 Å². The number of hydrogen-bond donors (Lipinski definition) is 2. The minimum Gasteiger partial charge on any atom is -0.545 e. The maximum absolute atomic E-state index is 12.8. The van der Waals surface area contributed by atoms with E-state index in [1.165, 1.54) is 31.3 Å². The second-order valence-electron chi connectivity index (χ2n) is 6.81. The molecule has 1 unspecified atom stereocenters. The van der Waals surface area contributed by atoms with Gasteiger partial charge in [-0.25, -0.2) is 15.0 Å². The number of oxime groups is 1. The number of nitrogens with zero attached hydrogens (tertiary/aromatic N) is 4. The first-order valence-electron chi connectivity index (χ1n) is 8.43. The smallest absolute Gasteiger partial charge is 0.276 e. The van der Waals surface area contributed by atoms with Crippen LogP contribution in [-0.4, -0.2) is 69.7 Å². The fourth-order valence-corrected chi connectivity index (χ4v) is 3.94. The number of anilines is 1. The Balaban J connectivity index is 1.90. The van der Waals surface area contributed by atoms with Gasteiger partial charge in [0, 0.05) is 17.5 Å². The van der Waals surface area contributed by atoms with Gasteiger partial charge in [-0.3, -0.25) is 9.59 Å². The second-order valence-corrected chi connectivity index (χ2v) is 7.70. The van der Waals surface area contributed by atoms with Crippen molar-refractivity contribution < 1.29 is 34.2 Å². The van der Waals surface area contributed by atoms with E-state index in [-0.39, 0.29) is 23.1 Å². The first-order chi connectivity index (χ1) is 14.0. The fraction of sp³-hybridized carbons (Fsp3) is 0.375. The molecule has 0 aromatic carbocycles. The van der Waals surface area contributed by atoms with Gasteiger partial charge in [0.25, 0.3) is 11.8 Å². The van der Waals surface area contributed by atoms with Gasteiger partial charge in [-0.05, 0) is 13.8 Å². The number of carbonyl (C=O) groups is 4. The molecule has 30 heavy (non-hydrogen) atoms. The quantitative estimate of drug-likeness (QED) is 0.329. The minimum absolute atomic E-state index is 0.123. The number of fused-ring (bicyclic) bond motifs is 1. The van der Waals surface area contributed by atoms with Crippen LogP contribution in [0.2, 0.25) is 0 Å². The lowest BCUT2D eigenvalue weighted by Gasteiger charge is -2.33. The summed E-state index contributed by atoms with van der Waals surface area (Å²) in [5.41, 5.74) is 2.61. The van der Waals surface area contributed by atoms with E-state index < -0.39 is 46.6 Å². The van der Waals surface area contributed by atoms with E-state index in [1.807, 2.05) is 0 Å². The molecule has 0 radical (unpaired) electrons. The van der Waals surface area contributed by atoms with Crippen LogP contribution in [0.15, 0.2) is 21.8 Å². The molecule has 0 saturated carbocycles. The third-order valence-electron chi connectivity index (χ3n) is 4.67. The number of nitrogens with two attached hydrogens (primary N) is 1. The van der Waals surface area contributed by atoms with Crippen molar-refractivity contribution in [2.45, 2.75) is 25.4 Å². The minimum atomic E-state index is -1.86. The molecular weight excluding hydrogens is 420 g/mol. The largest absolute Gasteiger partial charge is 0.545 e. The van der Waals surface area contributed by atoms with Gasteiger partial charge in [-0.1, -0.05) is 5.16 Å². The van der Waals surface area contributed by atoms with E-state index in [9.17, 15) is 29.4 Å². The van der Waals surface area contributed by atoms with Gasteiger partial charge < -0.3 is 35.7 Å². The van der Waals surface area contributed by atoms with Crippen LogP contribution in [0.5, 0.6) is 0 Å². The zero-order chi connectivity index (χ0) is 22.4. The summed E-state index contributed by atoms with van der Waals surface area (Å²) in [6.07, 6.45) is 0. The van der Waals surface area contributed by atoms with Crippen LogP contribution < -0.4 is 21.3 Å². The van der Waals surface area contributed by atoms with Gasteiger partial charge >= 0.3 is 0 Å². The van der Waals surface area contributed by atoms with Gasteiger partial charge in [-0.2, -0.15) is 0 Å². The summed E-state index contributed by atoms with van der Waals surface area (Å²) in [6.45, 7) is 2.62. The van der Waals surface area contributed by atoms with Gasteiger partial charge in [0.15, 0.2) is 10.8 Å². The summed E-state index contributed by atoms with van der Waals surface area (Å²) in [4.78, 5) is 57.2. The number of aromatic nitrogens is 1. The topological polar surface area (TPSA) is 193 Å². The van der Waals surface area contributed by atoms with E-state index in [1.54, 1.807) is 0 Å². The number of rotatable bonds is 6. The van der Waals surface area contributed by atoms with E-state index in [0.29, 0.717) is 5.01 Å². The summed E-state index contributed by atoms with van der Waals surface area (Å²) in [6, 6.07) is -1.20. The molecule has 1 atom stereocenters. The first kappa shape index (κ1) is 21.2. The van der Waals surface area contributed by atoms with Gasteiger partial charge in [0.05, 0.1) is 23.2 Å². The van der Waals surface area contributed by atoms with Crippen LogP contribution in [-0.2, 0) is 24.0 Å². The molecule has 14 heteroatoms. The summed E-state index contributed by atoms with van der Waals surface area (Å²) < 4.78 is 0. The molecule has 3 heterocycles.